The van der Waals surface area contributed by atoms with Crippen LogP contribution in [-0.4, -0.2) is 42.3 Å². The van der Waals surface area contributed by atoms with Gasteiger partial charge < -0.3 is 13.9 Å². The zero-order valence-electron chi connectivity index (χ0n) is 14.6. The third-order valence-electron chi connectivity index (χ3n) is 5.43. The number of likely N-dealkylation sites (tertiary alicyclic amines) is 1. The summed E-state index contributed by atoms with van der Waals surface area (Å²) < 4.78 is 17.8. The molecular formula is C20H26N2O3. The number of fused-ring (bicyclic) bond motifs is 1. The Kier molecular flexibility index (Phi) is 5.15. The first-order valence-electron chi connectivity index (χ1n) is 9.17. The van der Waals surface area contributed by atoms with Crippen molar-refractivity contribution in [2.75, 3.05) is 26.3 Å². The zero-order chi connectivity index (χ0) is 17.0. The van der Waals surface area contributed by atoms with Crippen LogP contribution in [0, 0.1) is 5.41 Å². The van der Waals surface area contributed by atoms with E-state index in [1.165, 1.54) is 12.0 Å². The standard InChI is InChI=1S/C20H26N2O3/c1-3-18(24-11-1)13-22-10-6-19-20(15-22,7-2-12-25-19)16-23-14-17-4-8-21-9-5-17/h1,3-5,8-9,11,19H,2,6-7,10,12-16H2/t19-,20-/m0/s1. The van der Waals surface area contributed by atoms with Crippen molar-refractivity contribution in [3.8, 4) is 0 Å². The number of hydrogen-bond donors (Lipinski definition) is 0. The summed E-state index contributed by atoms with van der Waals surface area (Å²) in [7, 11) is 0. The Morgan fingerprint density at radius 1 is 1.28 bits per heavy atom. The highest BCUT2D eigenvalue weighted by Crippen LogP contribution is 2.41. The molecule has 0 aromatic carbocycles. The van der Waals surface area contributed by atoms with E-state index in [9.17, 15) is 0 Å². The lowest BCUT2D eigenvalue weighted by Gasteiger charge is -2.50. The van der Waals surface area contributed by atoms with Crippen molar-refractivity contribution < 1.29 is 13.9 Å². The fourth-order valence-corrected chi connectivity index (χ4v) is 4.20. The predicted octanol–water partition coefficient (Wildman–Crippen LogP) is 3.26. The summed E-state index contributed by atoms with van der Waals surface area (Å²) in [5, 5.41) is 0. The Hall–Kier alpha value is -1.69. The third kappa shape index (κ3) is 3.94. The minimum atomic E-state index is 0.0934. The number of pyridine rings is 1. The molecule has 25 heavy (non-hydrogen) atoms. The van der Waals surface area contributed by atoms with E-state index in [-0.39, 0.29) is 5.41 Å². The fourth-order valence-electron chi connectivity index (χ4n) is 4.20. The largest absolute Gasteiger partial charge is 0.468 e. The molecule has 0 radical (unpaired) electrons. The summed E-state index contributed by atoms with van der Waals surface area (Å²) >= 11 is 0. The Morgan fingerprint density at radius 3 is 3.04 bits per heavy atom. The van der Waals surface area contributed by atoms with E-state index in [0.717, 1.165) is 51.4 Å². The molecule has 2 aliphatic rings. The monoisotopic (exact) mass is 342 g/mol. The number of aromatic nitrogens is 1. The normalized spacial score (nSPS) is 27.1. The van der Waals surface area contributed by atoms with Crippen LogP contribution in [0.5, 0.6) is 0 Å². The number of rotatable bonds is 6. The van der Waals surface area contributed by atoms with Gasteiger partial charge in [-0.05, 0) is 49.1 Å². The van der Waals surface area contributed by atoms with Crippen molar-refractivity contribution >= 4 is 0 Å². The lowest BCUT2D eigenvalue weighted by atomic mass is 9.73. The number of furan rings is 1. The molecule has 0 aliphatic carbocycles. The van der Waals surface area contributed by atoms with Gasteiger partial charge in [0.05, 0.1) is 32.1 Å². The van der Waals surface area contributed by atoms with Crippen LogP contribution in [0.3, 0.4) is 0 Å². The predicted molar refractivity (Wildman–Crippen MR) is 93.9 cm³/mol. The van der Waals surface area contributed by atoms with Gasteiger partial charge >= 0.3 is 0 Å². The molecule has 2 saturated heterocycles. The van der Waals surface area contributed by atoms with Gasteiger partial charge in [-0.2, -0.15) is 0 Å². The summed E-state index contributed by atoms with van der Waals surface area (Å²) in [6, 6.07) is 8.03. The summed E-state index contributed by atoms with van der Waals surface area (Å²) in [6.07, 6.45) is 9.04. The van der Waals surface area contributed by atoms with Crippen LogP contribution in [0.1, 0.15) is 30.6 Å². The second-order valence-corrected chi connectivity index (χ2v) is 7.25. The van der Waals surface area contributed by atoms with Crippen molar-refractivity contribution in [3.05, 3.63) is 54.2 Å². The molecule has 0 unspecified atom stereocenters. The van der Waals surface area contributed by atoms with Crippen LogP contribution in [0.15, 0.2) is 47.3 Å². The highest BCUT2D eigenvalue weighted by atomic mass is 16.5. The molecule has 0 spiro atoms. The van der Waals surface area contributed by atoms with Crippen molar-refractivity contribution in [2.24, 2.45) is 5.41 Å². The maximum atomic E-state index is 6.15. The summed E-state index contributed by atoms with van der Waals surface area (Å²) in [6.45, 7) is 5.19. The molecule has 0 N–H and O–H groups in total. The molecule has 2 aromatic rings. The quantitative estimate of drug-likeness (QED) is 0.806. The smallest absolute Gasteiger partial charge is 0.117 e. The molecule has 134 valence electrons. The molecular weight excluding hydrogens is 316 g/mol. The number of nitrogens with zero attached hydrogens (tertiary/aromatic N) is 2. The van der Waals surface area contributed by atoms with Crippen LogP contribution >= 0.6 is 0 Å². The van der Waals surface area contributed by atoms with Gasteiger partial charge in [0.1, 0.15) is 5.76 Å². The fraction of sp³-hybridized carbons (Fsp3) is 0.550. The van der Waals surface area contributed by atoms with Gasteiger partial charge in [0, 0.05) is 37.5 Å². The van der Waals surface area contributed by atoms with Gasteiger partial charge in [-0.1, -0.05) is 0 Å². The minimum absolute atomic E-state index is 0.0934. The second-order valence-electron chi connectivity index (χ2n) is 7.25. The molecule has 0 bridgehead atoms. The summed E-state index contributed by atoms with van der Waals surface area (Å²) in [5.74, 6) is 1.03. The SMILES string of the molecule is c1coc(CN2CC[C@@H]3OCCC[C@@]3(COCc3ccncc3)C2)c1. The molecule has 4 heterocycles. The zero-order valence-corrected chi connectivity index (χ0v) is 14.6. The Bertz CT molecular complexity index is 646. The summed E-state index contributed by atoms with van der Waals surface area (Å²) in [4.78, 5) is 6.55. The minimum Gasteiger partial charge on any atom is -0.468 e. The number of hydrogen-bond acceptors (Lipinski definition) is 5. The second kappa shape index (κ2) is 7.68. The molecule has 2 aromatic heterocycles. The first-order valence-corrected chi connectivity index (χ1v) is 9.17. The Labute approximate surface area is 148 Å². The molecule has 0 amide bonds. The molecule has 2 fully saturated rings. The molecule has 5 nitrogen and oxygen atoms in total. The Morgan fingerprint density at radius 2 is 2.20 bits per heavy atom. The lowest BCUT2D eigenvalue weighted by Crippen LogP contribution is -2.56. The first-order chi connectivity index (χ1) is 12.3. The number of ether oxygens (including phenoxy) is 2. The average Bonchev–Trinajstić information content (AvgIpc) is 3.15. The topological polar surface area (TPSA) is 47.7 Å². The molecule has 0 saturated carbocycles. The van der Waals surface area contributed by atoms with E-state index in [1.807, 2.05) is 30.6 Å². The lowest BCUT2D eigenvalue weighted by molar-refractivity contribution is -0.156. The van der Waals surface area contributed by atoms with Gasteiger partial charge in [-0.25, -0.2) is 0 Å². The highest BCUT2D eigenvalue weighted by Gasteiger charge is 2.46. The van der Waals surface area contributed by atoms with Crippen molar-refractivity contribution in [1.29, 1.82) is 0 Å². The van der Waals surface area contributed by atoms with Crippen molar-refractivity contribution in [1.82, 2.24) is 9.88 Å². The summed E-state index contributed by atoms with van der Waals surface area (Å²) in [5.41, 5.74) is 1.26. The van der Waals surface area contributed by atoms with Crippen LogP contribution in [-0.2, 0) is 22.6 Å². The third-order valence-corrected chi connectivity index (χ3v) is 5.43. The van der Waals surface area contributed by atoms with Crippen LogP contribution < -0.4 is 0 Å². The van der Waals surface area contributed by atoms with E-state index in [0.29, 0.717) is 12.7 Å². The maximum Gasteiger partial charge on any atom is 0.117 e. The average molecular weight is 342 g/mol. The maximum absolute atomic E-state index is 6.15. The van der Waals surface area contributed by atoms with Gasteiger partial charge in [0.15, 0.2) is 0 Å². The highest BCUT2D eigenvalue weighted by molar-refractivity contribution is 5.08. The van der Waals surface area contributed by atoms with Crippen LogP contribution in [0.2, 0.25) is 0 Å². The van der Waals surface area contributed by atoms with Crippen LogP contribution in [0.4, 0.5) is 0 Å². The molecule has 5 heteroatoms. The van der Waals surface area contributed by atoms with E-state index in [2.05, 4.69) is 16.0 Å². The number of piperidine rings is 1. The van der Waals surface area contributed by atoms with Gasteiger partial charge in [-0.15, -0.1) is 0 Å². The van der Waals surface area contributed by atoms with E-state index >= 15 is 0 Å². The molecule has 2 aliphatic heterocycles. The Balaban J connectivity index is 1.40. The van der Waals surface area contributed by atoms with Crippen molar-refractivity contribution in [3.63, 3.8) is 0 Å². The van der Waals surface area contributed by atoms with Gasteiger partial charge in [0.2, 0.25) is 0 Å². The van der Waals surface area contributed by atoms with Crippen LogP contribution in [0.25, 0.3) is 0 Å². The van der Waals surface area contributed by atoms with E-state index in [1.54, 1.807) is 6.26 Å². The van der Waals surface area contributed by atoms with Gasteiger partial charge in [-0.3, -0.25) is 9.88 Å². The molecule has 2 atom stereocenters. The molecule has 4 rings (SSSR count). The van der Waals surface area contributed by atoms with Crippen molar-refractivity contribution in [2.45, 2.75) is 38.5 Å². The van der Waals surface area contributed by atoms with E-state index < -0.39 is 0 Å². The van der Waals surface area contributed by atoms with Gasteiger partial charge in [0.25, 0.3) is 0 Å². The van der Waals surface area contributed by atoms with E-state index in [4.69, 9.17) is 13.9 Å². The first kappa shape index (κ1) is 16.8.